The number of carbonyl (C=O) groups is 2. The molecule has 0 unspecified atom stereocenters. The molecule has 0 atom stereocenters. The van der Waals surface area contributed by atoms with Crippen molar-refractivity contribution in [1.29, 1.82) is 0 Å². The molecule has 1 heterocycles. The van der Waals surface area contributed by atoms with Gasteiger partial charge in [-0.15, -0.1) is 0 Å². The molecule has 6 rings (SSSR count). The van der Waals surface area contributed by atoms with Crippen LogP contribution in [0.25, 0.3) is 33.4 Å². The maximum atomic E-state index is 13.8. The van der Waals surface area contributed by atoms with Crippen molar-refractivity contribution in [3.63, 3.8) is 0 Å². The fraction of sp³-hybridized carbons (Fsp3) is 0.243. The van der Waals surface area contributed by atoms with Gasteiger partial charge in [-0.3, -0.25) is 9.59 Å². The number of ketones is 2. The van der Waals surface area contributed by atoms with E-state index in [1.807, 2.05) is 44.2 Å². The summed E-state index contributed by atoms with van der Waals surface area (Å²) in [5.41, 5.74) is 7.26. The maximum Gasteiger partial charge on any atom is 0.167 e. The Kier molecular flexibility index (Phi) is 7.05. The molecule has 1 aliphatic carbocycles. The van der Waals surface area contributed by atoms with Gasteiger partial charge in [-0.25, -0.2) is 4.39 Å². The highest BCUT2D eigenvalue weighted by molar-refractivity contribution is 6.13. The molecule has 0 radical (unpaired) electrons. The molecule has 4 nitrogen and oxygen atoms in total. The summed E-state index contributed by atoms with van der Waals surface area (Å²) < 4.78 is 25.5. The monoisotopic (exact) mass is 560 g/mol. The first-order valence-electron chi connectivity index (χ1n) is 14.4. The van der Waals surface area contributed by atoms with Crippen LogP contribution in [0, 0.1) is 19.7 Å². The molecule has 5 aromatic rings. The smallest absolute Gasteiger partial charge is 0.167 e. The van der Waals surface area contributed by atoms with Crippen LogP contribution in [0.5, 0.6) is 5.75 Å². The molecule has 42 heavy (non-hydrogen) atoms. The number of Topliss-reactive ketones (excluding diaryl/α,β-unsaturated/α-hetero) is 2. The third kappa shape index (κ3) is 4.94. The number of furan rings is 1. The van der Waals surface area contributed by atoms with Crippen molar-refractivity contribution < 1.29 is 23.1 Å². The minimum atomic E-state index is -0.354. The van der Waals surface area contributed by atoms with Gasteiger partial charge in [-0.05, 0) is 97.5 Å². The molecule has 0 aliphatic heterocycles. The van der Waals surface area contributed by atoms with Crippen LogP contribution < -0.4 is 4.74 Å². The van der Waals surface area contributed by atoms with E-state index in [1.165, 1.54) is 23.3 Å². The van der Waals surface area contributed by atoms with Crippen LogP contribution in [0.15, 0.2) is 83.3 Å². The Morgan fingerprint density at radius 1 is 0.905 bits per heavy atom. The number of carbonyl (C=O) groups excluding carboxylic acids is 2. The fourth-order valence-electron chi connectivity index (χ4n) is 6.00. The molecule has 0 bridgehead atoms. The van der Waals surface area contributed by atoms with Crippen LogP contribution in [0.2, 0.25) is 0 Å². The van der Waals surface area contributed by atoms with Crippen LogP contribution in [-0.4, -0.2) is 18.7 Å². The number of benzene rings is 4. The Balaban J connectivity index is 1.42. The summed E-state index contributed by atoms with van der Waals surface area (Å²) in [6, 6.07) is 24.0. The Morgan fingerprint density at radius 2 is 1.64 bits per heavy atom. The number of rotatable bonds is 9. The lowest BCUT2D eigenvalue weighted by Gasteiger charge is -2.18. The molecule has 5 heteroatoms. The maximum absolute atomic E-state index is 13.8. The van der Waals surface area contributed by atoms with Crippen LogP contribution in [0.3, 0.4) is 0 Å². The lowest BCUT2D eigenvalue weighted by Crippen LogP contribution is -2.15. The van der Waals surface area contributed by atoms with Gasteiger partial charge in [0.05, 0.1) is 18.2 Å². The first kappa shape index (κ1) is 27.6. The summed E-state index contributed by atoms with van der Waals surface area (Å²) in [5, 5.41) is 0.693. The quantitative estimate of drug-likeness (QED) is 0.169. The summed E-state index contributed by atoms with van der Waals surface area (Å²) in [7, 11) is 1.59. The molecule has 0 saturated heterocycles. The number of fused-ring (bicyclic) bond motifs is 1. The SMILES string of the molecule is CCC(=O)c1c(-c2ccc(F)cc2)oc2ccc(-c3cc(C(=O)CC4(c5cccc(C)c5)CC4)c(OC)cc3C)cc12. The van der Waals surface area contributed by atoms with Crippen molar-refractivity contribution in [2.75, 3.05) is 7.11 Å². The third-order valence-electron chi connectivity index (χ3n) is 8.54. The van der Waals surface area contributed by atoms with Crippen molar-refractivity contribution in [2.45, 2.75) is 51.9 Å². The topological polar surface area (TPSA) is 56.5 Å². The molecule has 1 aromatic heterocycles. The Hall–Kier alpha value is -4.51. The minimum absolute atomic E-state index is 0.0527. The van der Waals surface area contributed by atoms with E-state index in [2.05, 4.69) is 31.2 Å². The summed E-state index contributed by atoms with van der Waals surface area (Å²) in [5.74, 6) is 0.635. The van der Waals surface area contributed by atoms with Crippen molar-refractivity contribution in [3.8, 4) is 28.2 Å². The number of ether oxygens (including phenoxy) is 1. The summed E-state index contributed by atoms with van der Waals surface area (Å²) in [4.78, 5) is 27.0. The summed E-state index contributed by atoms with van der Waals surface area (Å²) >= 11 is 0. The van der Waals surface area contributed by atoms with Crippen LogP contribution in [0.1, 0.15) is 70.0 Å². The van der Waals surface area contributed by atoms with Gasteiger partial charge in [-0.2, -0.15) is 0 Å². The van der Waals surface area contributed by atoms with Gasteiger partial charge in [0, 0.05) is 29.2 Å². The lowest BCUT2D eigenvalue weighted by atomic mass is 9.86. The predicted molar refractivity (Wildman–Crippen MR) is 164 cm³/mol. The van der Waals surface area contributed by atoms with Gasteiger partial charge in [-0.1, -0.05) is 42.8 Å². The third-order valence-corrected chi connectivity index (χ3v) is 8.54. The van der Waals surface area contributed by atoms with E-state index in [-0.39, 0.29) is 22.8 Å². The largest absolute Gasteiger partial charge is 0.496 e. The van der Waals surface area contributed by atoms with E-state index >= 15 is 0 Å². The number of hydrogen-bond acceptors (Lipinski definition) is 4. The Labute approximate surface area is 245 Å². The van der Waals surface area contributed by atoms with Crippen molar-refractivity contribution in [1.82, 2.24) is 0 Å². The van der Waals surface area contributed by atoms with Gasteiger partial charge in [0.1, 0.15) is 22.9 Å². The second kappa shape index (κ2) is 10.7. The molecular formula is C37H33FO4. The van der Waals surface area contributed by atoms with Gasteiger partial charge in [0.2, 0.25) is 0 Å². The van der Waals surface area contributed by atoms with Crippen LogP contribution in [-0.2, 0) is 5.41 Å². The molecule has 0 N–H and O–H groups in total. The molecular weight excluding hydrogens is 527 g/mol. The van der Waals surface area contributed by atoms with Gasteiger partial charge in [0.15, 0.2) is 11.6 Å². The zero-order valence-electron chi connectivity index (χ0n) is 24.3. The Bertz CT molecular complexity index is 1840. The number of hydrogen-bond donors (Lipinski definition) is 0. The molecule has 1 aliphatic rings. The molecule has 212 valence electrons. The average Bonchev–Trinajstić information content (AvgIpc) is 3.68. The van der Waals surface area contributed by atoms with E-state index < -0.39 is 0 Å². The zero-order chi connectivity index (χ0) is 29.6. The van der Waals surface area contributed by atoms with Crippen molar-refractivity contribution in [3.05, 3.63) is 112 Å². The second-order valence-corrected chi connectivity index (χ2v) is 11.4. The first-order chi connectivity index (χ1) is 20.2. The molecule has 1 saturated carbocycles. The van der Waals surface area contributed by atoms with Crippen LogP contribution >= 0.6 is 0 Å². The standard InChI is InChI=1S/C37H33FO4/c1-5-31(39)35-30-19-25(11-14-33(30)42-36(35)24-9-12-27(38)13-10-24)28-20-29(34(41-4)18-23(28)3)32(40)21-37(15-16-37)26-8-6-7-22(2)17-26/h6-14,17-20H,5,15-16,21H2,1-4H3. The van der Waals surface area contributed by atoms with Crippen LogP contribution in [0.4, 0.5) is 4.39 Å². The summed E-state index contributed by atoms with van der Waals surface area (Å²) in [6.07, 6.45) is 2.71. The van der Waals surface area contributed by atoms with E-state index in [9.17, 15) is 14.0 Å². The van der Waals surface area contributed by atoms with E-state index in [0.717, 1.165) is 29.5 Å². The Morgan fingerprint density at radius 3 is 2.31 bits per heavy atom. The van der Waals surface area contributed by atoms with Gasteiger partial charge < -0.3 is 9.15 Å². The highest BCUT2D eigenvalue weighted by Gasteiger charge is 2.46. The zero-order valence-corrected chi connectivity index (χ0v) is 24.3. The number of halogens is 1. The van der Waals surface area contributed by atoms with Crippen molar-refractivity contribution >= 4 is 22.5 Å². The first-order valence-corrected chi connectivity index (χ1v) is 14.4. The van der Waals surface area contributed by atoms with Gasteiger partial charge in [0.25, 0.3) is 0 Å². The molecule has 0 amide bonds. The molecule has 4 aromatic carbocycles. The van der Waals surface area contributed by atoms with E-state index in [4.69, 9.17) is 9.15 Å². The average molecular weight is 561 g/mol. The number of aryl methyl sites for hydroxylation is 2. The van der Waals surface area contributed by atoms with Gasteiger partial charge >= 0.3 is 0 Å². The van der Waals surface area contributed by atoms with Crippen molar-refractivity contribution in [2.24, 2.45) is 0 Å². The number of methoxy groups -OCH3 is 1. The predicted octanol–water partition coefficient (Wildman–Crippen LogP) is 9.43. The summed E-state index contributed by atoms with van der Waals surface area (Å²) in [6.45, 7) is 5.88. The highest BCUT2D eigenvalue weighted by Crippen LogP contribution is 2.52. The highest BCUT2D eigenvalue weighted by atomic mass is 19.1. The molecule has 1 fully saturated rings. The fourth-order valence-corrected chi connectivity index (χ4v) is 6.00. The minimum Gasteiger partial charge on any atom is -0.496 e. The van der Waals surface area contributed by atoms with E-state index in [1.54, 1.807) is 19.2 Å². The lowest BCUT2D eigenvalue weighted by molar-refractivity contribution is 0.0964. The van der Waals surface area contributed by atoms with E-state index in [0.29, 0.717) is 52.0 Å². The second-order valence-electron chi connectivity index (χ2n) is 11.4. The molecule has 0 spiro atoms. The normalized spacial score (nSPS) is 13.7.